The Hall–Kier alpha value is -1.92. The number of anilines is 1. The van der Waals surface area contributed by atoms with Crippen molar-refractivity contribution in [1.82, 2.24) is 14.9 Å². The van der Waals surface area contributed by atoms with Gasteiger partial charge in [-0.15, -0.1) is 0 Å². The summed E-state index contributed by atoms with van der Waals surface area (Å²) in [7, 11) is 0. The van der Waals surface area contributed by atoms with Gasteiger partial charge in [0.25, 0.3) is 0 Å². The van der Waals surface area contributed by atoms with Crippen LogP contribution in [0.3, 0.4) is 0 Å². The molecule has 2 aliphatic heterocycles. The lowest BCUT2D eigenvalue weighted by atomic mass is 9.83. The summed E-state index contributed by atoms with van der Waals surface area (Å²) in [5.74, 6) is 2.32. The molecule has 2 aromatic rings. The van der Waals surface area contributed by atoms with E-state index >= 15 is 0 Å². The highest BCUT2D eigenvalue weighted by Crippen LogP contribution is 2.40. The number of nitrogens with two attached hydrogens (primary N) is 1. The zero-order chi connectivity index (χ0) is 15.9. The van der Waals surface area contributed by atoms with E-state index in [9.17, 15) is 0 Å². The van der Waals surface area contributed by atoms with Gasteiger partial charge < -0.3 is 14.9 Å². The highest BCUT2D eigenvalue weighted by atomic mass is 16.5. The van der Waals surface area contributed by atoms with Crippen LogP contribution in [0.4, 0.5) is 5.95 Å². The molecule has 1 fully saturated rings. The second-order valence-electron chi connectivity index (χ2n) is 6.48. The average molecular weight is 314 g/mol. The molecule has 4 rings (SSSR count). The van der Waals surface area contributed by atoms with Crippen LogP contribution < -0.4 is 5.73 Å². The number of nitrogens with zero attached hydrogens (tertiary/aromatic N) is 3. The van der Waals surface area contributed by atoms with Crippen molar-refractivity contribution < 1.29 is 9.15 Å². The van der Waals surface area contributed by atoms with Gasteiger partial charge >= 0.3 is 0 Å². The van der Waals surface area contributed by atoms with Gasteiger partial charge in [0.05, 0.1) is 18.8 Å². The van der Waals surface area contributed by atoms with E-state index < -0.39 is 0 Å². The normalized spacial score (nSPS) is 20.6. The van der Waals surface area contributed by atoms with Crippen molar-refractivity contribution in [2.45, 2.75) is 38.3 Å². The Morgan fingerprint density at radius 3 is 2.87 bits per heavy atom. The maximum Gasteiger partial charge on any atom is 0.220 e. The molecule has 1 spiro atoms. The van der Waals surface area contributed by atoms with E-state index in [0.29, 0.717) is 5.95 Å². The summed E-state index contributed by atoms with van der Waals surface area (Å²) in [5.41, 5.74) is 7.70. The van der Waals surface area contributed by atoms with Crippen molar-refractivity contribution in [1.29, 1.82) is 0 Å². The monoisotopic (exact) mass is 314 g/mol. The Kier molecular flexibility index (Phi) is 3.58. The van der Waals surface area contributed by atoms with Crippen molar-refractivity contribution >= 4 is 5.95 Å². The van der Waals surface area contributed by atoms with E-state index in [0.717, 1.165) is 62.7 Å². The van der Waals surface area contributed by atoms with Gasteiger partial charge in [0.1, 0.15) is 17.1 Å². The number of hydrogen-bond acceptors (Lipinski definition) is 6. The number of ether oxygens (including phenoxy) is 1. The third kappa shape index (κ3) is 2.72. The quantitative estimate of drug-likeness (QED) is 0.914. The van der Waals surface area contributed by atoms with E-state index in [4.69, 9.17) is 14.9 Å². The first-order chi connectivity index (χ1) is 11.1. The lowest BCUT2D eigenvalue weighted by Crippen LogP contribution is -2.47. The number of piperidine rings is 1. The second-order valence-corrected chi connectivity index (χ2v) is 6.48. The van der Waals surface area contributed by atoms with E-state index in [1.807, 2.05) is 19.2 Å². The summed E-state index contributed by atoms with van der Waals surface area (Å²) in [4.78, 5) is 11.0. The molecule has 0 unspecified atom stereocenters. The molecule has 0 atom stereocenters. The molecule has 23 heavy (non-hydrogen) atoms. The fourth-order valence-electron chi connectivity index (χ4n) is 3.67. The molecule has 0 bridgehead atoms. The summed E-state index contributed by atoms with van der Waals surface area (Å²) in [6.45, 7) is 5.48. The topological polar surface area (TPSA) is 77.4 Å². The van der Waals surface area contributed by atoms with Gasteiger partial charge in [-0.1, -0.05) is 0 Å². The van der Waals surface area contributed by atoms with E-state index in [-0.39, 0.29) is 5.60 Å². The molecule has 0 aromatic carbocycles. The van der Waals surface area contributed by atoms with Crippen LogP contribution in [-0.4, -0.2) is 34.6 Å². The lowest BCUT2D eigenvalue weighted by Gasteiger charge is -2.43. The summed E-state index contributed by atoms with van der Waals surface area (Å²) in [5, 5.41) is 0. The fourth-order valence-corrected chi connectivity index (χ4v) is 3.67. The third-order valence-electron chi connectivity index (χ3n) is 4.90. The van der Waals surface area contributed by atoms with Crippen molar-refractivity contribution in [3.05, 3.63) is 41.1 Å². The zero-order valence-corrected chi connectivity index (χ0v) is 13.4. The molecule has 2 N–H and O–H groups in total. The first-order valence-electron chi connectivity index (χ1n) is 8.18. The van der Waals surface area contributed by atoms with Crippen LogP contribution >= 0.6 is 0 Å². The van der Waals surface area contributed by atoms with Gasteiger partial charge in [0.15, 0.2) is 0 Å². The van der Waals surface area contributed by atoms with Crippen LogP contribution in [0.15, 0.2) is 22.7 Å². The molecule has 6 nitrogen and oxygen atoms in total. The number of aryl methyl sites for hydroxylation is 1. The summed E-state index contributed by atoms with van der Waals surface area (Å²) in [6, 6.07) is 4.07. The van der Waals surface area contributed by atoms with Crippen molar-refractivity contribution in [3.8, 4) is 0 Å². The molecule has 2 aromatic heterocycles. The number of hydrogen-bond donors (Lipinski definition) is 1. The van der Waals surface area contributed by atoms with Crippen LogP contribution in [0.25, 0.3) is 0 Å². The number of likely N-dealkylation sites (tertiary alicyclic amines) is 1. The molecule has 0 aliphatic carbocycles. The van der Waals surface area contributed by atoms with Gasteiger partial charge in [-0.05, 0) is 43.9 Å². The highest BCUT2D eigenvalue weighted by Gasteiger charge is 2.42. The standard InChI is InChI=1S/C17H22N4O2/c1-12-2-3-14(23-12)11-21-7-5-17(6-8-21)15-13(4-9-22-17)10-19-16(18)20-15/h2-3,10H,4-9,11H2,1H3,(H2,18,19,20). The Balaban J connectivity index is 1.50. The molecular weight excluding hydrogens is 292 g/mol. The van der Waals surface area contributed by atoms with Gasteiger partial charge in [-0.25, -0.2) is 9.97 Å². The van der Waals surface area contributed by atoms with Crippen molar-refractivity contribution in [2.24, 2.45) is 0 Å². The summed E-state index contributed by atoms with van der Waals surface area (Å²) >= 11 is 0. The maximum absolute atomic E-state index is 6.19. The minimum Gasteiger partial charge on any atom is -0.465 e. The molecule has 2 aliphatic rings. The number of furan rings is 1. The molecule has 1 saturated heterocycles. The molecule has 0 saturated carbocycles. The molecule has 122 valence electrons. The van der Waals surface area contributed by atoms with Gasteiger partial charge in [0, 0.05) is 19.3 Å². The minimum atomic E-state index is -0.291. The van der Waals surface area contributed by atoms with Gasteiger partial charge in [-0.3, -0.25) is 4.90 Å². The Morgan fingerprint density at radius 1 is 1.30 bits per heavy atom. The number of rotatable bonds is 2. The Labute approximate surface area is 135 Å². The van der Waals surface area contributed by atoms with Crippen LogP contribution in [0.5, 0.6) is 0 Å². The van der Waals surface area contributed by atoms with Gasteiger partial charge in [0.2, 0.25) is 5.95 Å². The van der Waals surface area contributed by atoms with E-state index in [1.54, 1.807) is 0 Å². The smallest absolute Gasteiger partial charge is 0.220 e. The van der Waals surface area contributed by atoms with Crippen LogP contribution in [0.2, 0.25) is 0 Å². The Morgan fingerprint density at radius 2 is 2.13 bits per heavy atom. The van der Waals surface area contributed by atoms with Crippen LogP contribution in [0.1, 0.15) is 35.6 Å². The van der Waals surface area contributed by atoms with Gasteiger partial charge in [-0.2, -0.15) is 0 Å². The third-order valence-corrected chi connectivity index (χ3v) is 4.90. The summed E-state index contributed by atoms with van der Waals surface area (Å²) in [6.07, 6.45) is 4.58. The predicted molar refractivity (Wildman–Crippen MR) is 85.7 cm³/mol. The van der Waals surface area contributed by atoms with Crippen molar-refractivity contribution in [3.63, 3.8) is 0 Å². The largest absolute Gasteiger partial charge is 0.465 e. The minimum absolute atomic E-state index is 0.291. The molecular formula is C17H22N4O2. The second kappa shape index (κ2) is 5.62. The Bertz CT molecular complexity index is 704. The van der Waals surface area contributed by atoms with Crippen molar-refractivity contribution in [2.75, 3.05) is 25.4 Å². The average Bonchev–Trinajstić information content (AvgIpc) is 2.96. The predicted octanol–water partition coefficient (Wildman–Crippen LogP) is 2.02. The lowest BCUT2D eigenvalue weighted by molar-refractivity contribution is -0.102. The molecule has 0 amide bonds. The molecule has 6 heteroatoms. The zero-order valence-electron chi connectivity index (χ0n) is 13.4. The van der Waals surface area contributed by atoms with E-state index in [1.165, 1.54) is 5.56 Å². The maximum atomic E-state index is 6.19. The SMILES string of the molecule is Cc1ccc(CN2CCC3(CC2)OCCc2cnc(N)nc23)o1. The fraction of sp³-hybridized carbons (Fsp3) is 0.529. The summed E-state index contributed by atoms with van der Waals surface area (Å²) < 4.78 is 11.9. The molecule has 4 heterocycles. The molecule has 0 radical (unpaired) electrons. The highest BCUT2D eigenvalue weighted by molar-refractivity contribution is 5.32. The van der Waals surface area contributed by atoms with Crippen LogP contribution in [-0.2, 0) is 23.3 Å². The first kappa shape index (κ1) is 14.7. The number of aromatic nitrogens is 2. The number of nitrogen functional groups attached to an aromatic ring is 1. The van der Waals surface area contributed by atoms with E-state index in [2.05, 4.69) is 20.9 Å². The number of fused-ring (bicyclic) bond motifs is 2. The first-order valence-corrected chi connectivity index (χ1v) is 8.18. The van der Waals surface area contributed by atoms with Crippen LogP contribution in [0, 0.1) is 6.92 Å².